The summed E-state index contributed by atoms with van der Waals surface area (Å²) >= 11 is 0. The van der Waals surface area contributed by atoms with Crippen LogP contribution in [0.4, 0.5) is 0 Å². The molecule has 1 aliphatic heterocycles. The number of carbonyl (C=O) groups is 2. The van der Waals surface area contributed by atoms with Crippen LogP contribution in [-0.4, -0.2) is 61.4 Å². The van der Waals surface area contributed by atoms with Crippen LogP contribution in [0.1, 0.15) is 52.9 Å². The Hall–Kier alpha value is -1.10. The lowest BCUT2D eigenvalue weighted by molar-refractivity contribution is -0.133. The molecule has 23 heavy (non-hydrogen) atoms. The topological polar surface area (TPSA) is 52.7 Å². The van der Waals surface area contributed by atoms with E-state index >= 15 is 0 Å². The third kappa shape index (κ3) is 7.34. The number of likely N-dealkylation sites (tertiary alicyclic amines) is 1. The molecule has 2 atom stereocenters. The summed E-state index contributed by atoms with van der Waals surface area (Å²) in [5.41, 5.74) is 0. The molecule has 5 heteroatoms. The first-order valence-corrected chi connectivity index (χ1v) is 9.03. The summed E-state index contributed by atoms with van der Waals surface area (Å²) in [5.74, 6) is 1.43. The van der Waals surface area contributed by atoms with Gasteiger partial charge in [-0.1, -0.05) is 20.8 Å². The SMILES string of the molecule is CC(C)CC(C)CC(=O)NCCCN1CCCC1C(=O)N(C)C. The van der Waals surface area contributed by atoms with E-state index in [-0.39, 0.29) is 17.9 Å². The fourth-order valence-electron chi connectivity index (χ4n) is 3.46. The average molecular weight is 325 g/mol. The van der Waals surface area contributed by atoms with E-state index in [2.05, 4.69) is 31.0 Å². The van der Waals surface area contributed by atoms with Gasteiger partial charge in [0, 0.05) is 33.6 Å². The van der Waals surface area contributed by atoms with Crippen molar-refractivity contribution >= 4 is 11.8 Å². The molecule has 0 aromatic carbocycles. The van der Waals surface area contributed by atoms with E-state index in [0.717, 1.165) is 38.8 Å². The van der Waals surface area contributed by atoms with Gasteiger partial charge in [-0.2, -0.15) is 0 Å². The van der Waals surface area contributed by atoms with Crippen molar-refractivity contribution in [2.45, 2.75) is 58.9 Å². The Morgan fingerprint density at radius 2 is 1.96 bits per heavy atom. The molecule has 0 aliphatic carbocycles. The van der Waals surface area contributed by atoms with Crippen LogP contribution in [-0.2, 0) is 9.59 Å². The maximum Gasteiger partial charge on any atom is 0.239 e. The summed E-state index contributed by atoms with van der Waals surface area (Å²) in [6.07, 6.45) is 4.65. The van der Waals surface area contributed by atoms with Crippen LogP contribution in [0.25, 0.3) is 0 Å². The maximum atomic E-state index is 12.1. The molecule has 1 heterocycles. The van der Waals surface area contributed by atoms with Crippen molar-refractivity contribution in [3.8, 4) is 0 Å². The second-order valence-electron chi connectivity index (χ2n) is 7.57. The number of rotatable bonds is 9. The van der Waals surface area contributed by atoms with Gasteiger partial charge in [0.2, 0.25) is 11.8 Å². The van der Waals surface area contributed by atoms with Gasteiger partial charge in [0.15, 0.2) is 0 Å². The van der Waals surface area contributed by atoms with Crippen LogP contribution >= 0.6 is 0 Å². The number of hydrogen-bond acceptors (Lipinski definition) is 3. The van der Waals surface area contributed by atoms with Gasteiger partial charge in [-0.25, -0.2) is 0 Å². The molecular weight excluding hydrogens is 290 g/mol. The molecule has 0 radical (unpaired) electrons. The van der Waals surface area contributed by atoms with Crippen LogP contribution in [0.3, 0.4) is 0 Å². The Morgan fingerprint density at radius 1 is 1.26 bits per heavy atom. The molecule has 0 spiro atoms. The van der Waals surface area contributed by atoms with Crippen LogP contribution in [0.2, 0.25) is 0 Å². The average Bonchev–Trinajstić information content (AvgIpc) is 2.89. The number of nitrogens with one attached hydrogen (secondary N) is 1. The summed E-state index contributed by atoms with van der Waals surface area (Å²) in [5, 5.41) is 3.02. The van der Waals surface area contributed by atoms with Gasteiger partial charge in [0.25, 0.3) is 0 Å². The van der Waals surface area contributed by atoms with E-state index < -0.39 is 0 Å². The monoisotopic (exact) mass is 325 g/mol. The first-order valence-electron chi connectivity index (χ1n) is 9.03. The lowest BCUT2D eigenvalue weighted by Gasteiger charge is -2.26. The molecule has 134 valence electrons. The molecule has 1 rings (SSSR count). The number of nitrogens with zero attached hydrogens (tertiary/aromatic N) is 2. The van der Waals surface area contributed by atoms with Crippen molar-refractivity contribution in [2.75, 3.05) is 33.7 Å². The van der Waals surface area contributed by atoms with Crippen molar-refractivity contribution in [2.24, 2.45) is 11.8 Å². The Balaban J connectivity index is 2.21. The molecule has 0 saturated carbocycles. The second kappa shape index (κ2) is 9.91. The zero-order valence-corrected chi connectivity index (χ0v) is 15.6. The standard InChI is InChI=1S/C18H35N3O2/c1-14(2)12-15(3)13-17(22)19-9-7-11-21-10-6-8-16(21)18(23)20(4)5/h14-16H,6-13H2,1-5H3,(H,19,22). The van der Waals surface area contributed by atoms with Gasteiger partial charge < -0.3 is 10.2 Å². The Kier molecular flexibility index (Phi) is 8.59. The van der Waals surface area contributed by atoms with Gasteiger partial charge in [0.05, 0.1) is 6.04 Å². The van der Waals surface area contributed by atoms with Crippen LogP contribution < -0.4 is 5.32 Å². The zero-order chi connectivity index (χ0) is 17.4. The number of hydrogen-bond donors (Lipinski definition) is 1. The number of amides is 2. The first kappa shape index (κ1) is 19.9. The molecule has 2 amide bonds. The van der Waals surface area contributed by atoms with Crippen LogP contribution in [0.15, 0.2) is 0 Å². The molecule has 1 fully saturated rings. The first-order chi connectivity index (χ1) is 10.8. The Labute approximate surface area is 141 Å². The van der Waals surface area contributed by atoms with Gasteiger partial charge in [0.1, 0.15) is 0 Å². The van der Waals surface area contributed by atoms with E-state index in [9.17, 15) is 9.59 Å². The molecule has 0 aromatic heterocycles. The zero-order valence-electron chi connectivity index (χ0n) is 15.6. The van der Waals surface area contributed by atoms with E-state index in [1.807, 2.05) is 14.1 Å². The minimum Gasteiger partial charge on any atom is -0.356 e. The highest BCUT2D eigenvalue weighted by Crippen LogP contribution is 2.18. The highest BCUT2D eigenvalue weighted by Gasteiger charge is 2.30. The minimum atomic E-state index is 0.0340. The lowest BCUT2D eigenvalue weighted by atomic mass is 9.96. The summed E-state index contributed by atoms with van der Waals surface area (Å²) < 4.78 is 0. The lowest BCUT2D eigenvalue weighted by Crippen LogP contribution is -2.43. The largest absolute Gasteiger partial charge is 0.356 e. The second-order valence-corrected chi connectivity index (χ2v) is 7.57. The fraction of sp³-hybridized carbons (Fsp3) is 0.889. The van der Waals surface area contributed by atoms with E-state index in [0.29, 0.717) is 24.8 Å². The highest BCUT2D eigenvalue weighted by atomic mass is 16.2. The summed E-state index contributed by atoms with van der Waals surface area (Å²) in [7, 11) is 3.63. The van der Waals surface area contributed by atoms with Crippen molar-refractivity contribution in [3.63, 3.8) is 0 Å². The fourth-order valence-corrected chi connectivity index (χ4v) is 3.46. The van der Waals surface area contributed by atoms with Crippen molar-refractivity contribution < 1.29 is 9.59 Å². The predicted octanol–water partition coefficient (Wildman–Crippen LogP) is 2.12. The Morgan fingerprint density at radius 3 is 2.57 bits per heavy atom. The number of carbonyl (C=O) groups excluding carboxylic acids is 2. The molecule has 0 aromatic rings. The quantitative estimate of drug-likeness (QED) is 0.661. The third-order valence-electron chi connectivity index (χ3n) is 4.44. The van der Waals surface area contributed by atoms with Gasteiger partial charge in [-0.05, 0) is 44.1 Å². The highest BCUT2D eigenvalue weighted by molar-refractivity contribution is 5.81. The van der Waals surface area contributed by atoms with Crippen LogP contribution in [0, 0.1) is 11.8 Å². The Bertz CT molecular complexity index is 382. The third-order valence-corrected chi connectivity index (χ3v) is 4.44. The van der Waals surface area contributed by atoms with Crippen molar-refractivity contribution in [1.82, 2.24) is 15.1 Å². The molecule has 1 aliphatic rings. The molecule has 0 bridgehead atoms. The molecule has 1 saturated heterocycles. The predicted molar refractivity (Wildman–Crippen MR) is 94.2 cm³/mol. The minimum absolute atomic E-state index is 0.0340. The van der Waals surface area contributed by atoms with E-state index in [1.54, 1.807) is 4.90 Å². The summed E-state index contributed by atoms with van der Waals surface area (Å²) in [4.78, 5) is 28.0. The summed E-state index contributed by atoms with van der Waals surface area (Å²) in [6, 6.07) is 0.0340. The number of likely N-dealkylation sites (N-methyl/N-ethyl adjacent to an activating group) is 1. The van der Waals surface area contributed by atoms with Gasteiger partial charge in [-0.15, -0.1) is 0 Å². The van der Waals surface area contributed by atoms with E-state index in [4.69, 9.17) is 0 Å². The van der Waals surface area contributed by atoms with Crippen molar-refractivity contribution in [3.05, 3.63) is 0 Å². The van der Waals surface area contributed by atoms with Crippen LogP contribution in [0.5, 0.6) is 0 Å². The maximum absolute atomic E-state index is 12.1. The molecule has 2 unspecified atom stereocenters. The molecular formula is C18H35N3O2. The summed E-state index contributed by atoms with van der Waals surface area (Å²) in [6.45, 7) is 9.09. The van der Waals surface area contributed by atoms with Gasteiger partial charge >= 0.3 is 0 Å². The normalized spacial score (nSPS) is 19.8. The van der Waals surface area contributed by atoms with E-state index in [1.165, 1.54) is 0 Å². The molecule has 5 nitrogen and oxygen atoms in total. The molecule has 1 N–H and O–H groups in total. The van der Waals surface area contributed by atoms with Crippen molar-refractivity contribution in [1.29, 1.82) is 0 Å². The van der Waals surface area contributed by atoms with Gasteiger partial charge in [-0.3, -0.25) is 14.5 Å². The smallest absolute Gasteiger partial charge is 0.239 e.